The quantitative estimate of drug-likeness (QED) is 0.892. The number of benzene rings is 1. The van der Waals surface area contributed by atoms with Crippen LogP contribution >= 0.6 is 0 Å². The Morgan fingerprint density at radius 1 is 1.38 bits per heavy atom. The Kier molecular flexibility index (Phi) is 3.98. The summed E-state index contributed by atoms with van der Waals surface area (Å²) in [5.41, 5.74) is 1.42. The van der Waals surface area contributed by atoms with Gasteiger partial charge in [-0.2, -0.15) is 18.3 Å². The van der Waals surface area contributed by atoms with Gasteiger partial charge in [0.25, 0.3) is 0 Å². The van der Waals surface area contributed by atoms with Crippen molar-refractivity contribution < 1.29 is 23.1 Å². The number of hydrogen-bond acceptors (Lipinski definition) is 3. The molecule has 2 heterocycles. The topological polar surface area (TPSA) is 67.2 Å². The summed E-state index contributed by atoms with van der Waals surface area (Å²) in [7, 11) is 0. The molecule has 0 saturated carbocycles. The standard InChI is InChI=1S/C16H16F3N3O2/c1-2-9-3-5-10(6-4-9)11-7-13(16(17,18)19)22-14(20-11)8-12(21-22)15(23)24/h3-6,8,11,13,20H,2,7H2,1H3,(H,23,24)/t11-,13-/m0/s1. The number of anilines is 1. The first-order valence-corrected chi connectivity index (χ1v) is 7.54. The minimum Gasteiger partial charge on any atom is -0.476 e. The van der Waals surface area contributed by atoms with Gasteiger partial charge in [-0.3, -0.25) is 0 Å². The van der Waals surface area contributed by atoms with Crippen molar-refractivity contribution in [1.82, 2.24) is 9.78 Å². The number of fused-ring (bicyclic) bond motifs is 1. The number of aryl methyl sites for hydroxylation is 1. The molecule has 0 aliphatic carbocycles. The zero-order valence-electron chi connectivity index (χ0n) is 12.8. The number of carboxylic acids is 1. The fourth-order valence-corrected chi connectivity index (χ4v) is 2.88. The Morgan fingerprint density at radius 2 is 2.04 bits per heavy atom. The lowest BCUT2D eigenvalue weighted by molar-refractivity contribution is -0.173. The number of halogens is 3. The van der Waals surface area contributed by atoms with Crippen LogP contribution < -0.4 is 5.32 Å². The van der Waals surface area contributed by atoms with E-state index in [0.717, 1.165) is 28.3 Å². The normalized spacial score (nSPS) is 20.3. The maximum Gasteiger partial charge on any atom is 0.410 e. The Balaban J connectivity index is 1.98. The predicted octanol–water partition coefficient (Wildman–Crippen LogP) is 3.80. The molecule has 0 bridgehead atoms. The number of nitrogens with one attached hydrogen (secondary N) is 1. The molecule has 2 atom stereocenters. The molecule has 2 aromatic rings. The third kappa shape index (κ3) is 2.95. The third-order valence-electron chi connectivity index (χ3n) is 4.20. The van der Waals surface area contributed by atoms with Crippen LogP contribution in [0.15, 0.2) is 30.3 Å². The number of aromatic nitrogens is 2. The Bertz CT molecular complexity index is 753. The average molecular weight is 339 g/mol. The minimum absolute atomic E-state index is 0.0607. The second-order valence-corrected chi connectivity index (χ2v) is 5.75. The first kappa shape index (κ1) is 16.4. The van der Waals surface area contributed by atoms with Crippen LogP contribution in [-0.4, -0.2) is 27.0 Å². The summed E-state index contributed by atoms with van der Waals surface area (Å²) in [6, 6.07) is 6.07. The van der Waals surface area contributed by atoms with Gasteiger partial charge in [-0.05, 0) is 17.5 Å². The van der Waals surface area contributed by atoms with Gasteiger partial charge in [0, 0.05) is 12.5 Å². The molecule has 24 heavy (non-hydrogen) atoms. The molecule has 0 saturated heterocycles. The summed E-state index contributed by atoms with van der Waals surface area (Å²) in [6.45, 7) is 2.00. The van der Waals surface area contributed by atoms with E-state index >= 15 is 0 Å². The third-order valence-corrected chi connectivity index (χ3v) is 4.20. The van der Waals surface area contributed by atoms with Gasteiger partial charge in [0.2, 0.25) is 0 Å². The number of rotatable bonds is 3. The van der Waals surface area contributed by atoms with Crippen LogP contribution in [0.5, 0.6) is 0 Å². The molecule has 1 aromatic heterocycles. The van der Waals surface area contributed by atoms with E-state index in [4.69, 9.17) is 5.11 Å². The number of carbonyl (C=O) groups is 1. The molecule has 0 spiro atoms. The van der Waals surface area contributed by atoms with E-state index in [1.54, 1.807) is 12.1 Å². The second kappa shape index (κ2) is 5.85. The van der Waals surface area contributed by atoms with Crippen molar-refractivity contribution in [2.75, 3.05) is 5.32 Å². The van der Waals surface area contributed by atoms with Crippen LogP contribution in [0.4, 0.5) is 19.0 Å². The van der Waals surface area contributed by atoms with E-state index in [0.29, 0.717) is 0 Å². The van der Waals surface area contributed by atoms with E-state index in [9.17, 15) is 18.0 Å². The molecule has 3 rings (SSSR count). The van der Waals surface area contributed by atoms with Crippen LogP contribution in [0.3, 0.4) is 0 Å². The molecule has 0 unspecified atom stereocenters. The monoisotopic (exact) mass is 339 g/mol. The van der Waals surface area contributed by atoms with E-state index in [1.807, 2.05) is 19.1 Å². The highest BCUT2D eigenvalue weighted by Crippen LogP contribution is 2.43. The molecular formula is C16H16F3N3O2. The van der Waals surface area contributed by atoms with Gasteiger partial charge in [0.15, 0.2) is 11.7 Å². The van der Waals surface area contributed by atoms with Crippen LogP contribution in [-0.2, 0) is 6.42 Å². The van der Waals surface area contributed by atoms with Crippen LogP contribution in [0.25, 0.3) is 0 Å². The number of nitrogens with zero attached hydrogens (tertiary/aromatic N) is 2. The minimum atomic E-state index is -4.51. The summed E-state index contributed by atoms with van der Waals surface area (Å²) < 4.78 is 40.9. The lowest BCUT2D eigenvalue weighted by atomic mass is 9.96. The zero-order chi connectivity index (χ0) is 17.5. The summed E-state index contributed by atoms with van der Waals surface area (Å²) in [5.74, 6) is -1.30. The Morgan fingerprint density at radius 3 is 2.58 bits per heavy atom. The largest absolute Gasteiger partial charge is 0.476 e. The predicted molar refractivity (Wildman–Crippen MR) is 81.1 cm³/mol. The zero-order valence-corrected chi connectivity index (χ0v) is 12.8. The molecule has 8 heteroatoms. The smallest absolute Gasteiger partial charge is 0.410 e. The fourth-order valence-electron chi connectivity index (χ4n) is 2.88. The van der Waals surface area contributed by atoms with E-state index in [2.05, 4.69) is 10.4 Å². The highest BCUT2D eigenvalue weighted by Gasteiger charge is 2.46. The summed E-state index contributed by atoms with van der Waals surface area (Å²) in [5, 5.41) is 15.5. The van der Waals surface area contributed by atoms with Crippen LogP contribution in [0.1, 0.15) is 47.0 Å². The van der Waals surface area contributed by atoms with Crippen molar-refractivity contribution in [3.8, 4) is 0 Å². The molecular weight excluding hydrogens is 323 g/mol. The first-order valence-electron chi connectivity index (χ1n) is 7.54. The van der Waals surface area contributed by atoms with Gasteiger partial charge in [0.1, 0.15) is 5.82 Å². The van der Waals surface area contributed by atoms with E-state index in [-0.39, 0.29) is 12.2 Å². The highest BCUT2D eigenvalue weighted by molar-refractivity contribution is 5.86. The maximum absolute atomic E-state index is 13.4. The summed E-state index contributed by atoms with van der Waals surface area (Å²) in [4.78, 5) is 11.0. The second-order valence-electron chi connectivity index (χ2n) is 5.75. The van der Waals surface area contributed by atoms with Gasteiger partial charge in [-0.15, -0.1) is 0 Å². The summed E-state index contributed by atoms with van der Waals surface area (Å²) in [6.07, 6.45) is -3.92. The highest BCUT2D eigenvalue weighted by atomic mass is 19.4. The number of alkyl halides is 3. The SMILES string of the molecule is CCc1ccc([C@@H]2C[C@@H](C(F)(F)F)n3nc(C(=O)O)cc3N2)cc1. The van der Waals surface area contributed by atoms with Crippen molar-refractivity contribution in [3.63, 3.8) is 0 Å². The number of aromatic carboxylic acids is 1. The molecule has 0 radical (unpaired) electrons. The van der Waals surface area contributed by atoms with Crippen LogP contribution in [0, 0.1) is 0 Å². The van der Waals surface area contributed by atoms with Gasteiger partial charge in [-0.1, -0.05) is 31.2 Å². The molecule has 2 N–H and O–H groups in total. The number of hydrogen-bond donors (Lipinski definition) is 2. The van der Waals surface area contributed by atoms with Crippen molar-refractivity contribution >= 4 is 11.8 Å². The van der Waals surface area contributed by atoms with Gasteiger partial charge < -0.3 is 10.4 Å². The average Bonchev–Trinajstić information content (AvgIpc) is 2.97. The first-order chi connectivity index (χ1) is 11.3. The van der Waals surface area contributed by atoms with Gasteiger partial charge in [-0.25, -0.2) is 9.48 Å². The fraction of sp³-hybridized carbons (Fsp3) is 0.375. The van der Waals surface area contributed by atoms with Crippen molar-refractivity contribution in [2.45, 2.75) is 38.0 Å². The molecule has 128 valence electrons. The molecule has 5 nitrogen and oxygen atoms in total. The van der Waals surface area contributed by atoms with Crippen LogP contribution in [0.2, 0.25) is 0 Å². The molecule has 1 aliphatic rings. The lowest BCUT2D eigenvalue weighted by Gasteiger charge is -2.33. The van der Waals surface area contributed by atoms with Gasteiger partial charge >= 0.3 is 12.1 Å². The summed E-state index contributed by atoms with van der Waals surface area (Å²) >= 11 is 0. The van der Waals surface area contributed by atoms with Crippen molar-refractivity contribution in [3.05, 3.63) is 47.2 Å². The molecule has 0 fully saturated rings. The Hall–Kier alpha value is -2.51. The van der Waals surface area contributed by atoms with E-state index < -0.39 is 29.9 Å². The van der Waals surface area contributed by atoms with E-state index in [1.165, 1.54) is 0 Å². The van der Waals surface area contributed by atoms with Gasteiger partial charge in [0.05, 0.1) is 6.04 Å². The maximum atomic E-state index is 13.4. The van der Waals surface area contributed by atoms with Crippen molar-refractivity contribution in [2.24, 2.45) is 0 Å². The molecule has 1 aromatic carbocycles. The van der Waals surface area contributed by atoms with Crippen molar-refractivity contribution in [1.29, 1.82) is 0 Å². The number of carboxylic acid groups (broad SMARTS) is 1. The Labute approximate surface area is 136 Å². The molecule has 0 amide bonds. The molecule has 1 aliphatic heterocycles. The lowest BCUT2D eigenvalue weighted by Crippen LogP contribution is -2.35.